The van der Waals surface area contributed by atoms with E-state index >= 15 is 0 Å². The quantitative estimate of drug-likeness (QED) is 0.0873. The van der Waals surface area contributed by atoms with Crippen molar-refractivity contribution in [3.63, 3.8) is 0 Å². The monoisotopic (exact) mass is 885 g/mol. The van der Waals surface area contributed by atoms with Gasteiger partial charge in [0.25, 0.3) is 5.91 Å². The van der Waals surface area contributed by atoms with Gasteiger partial charge >= 0.3 is 6.09 Å². The summed E-state index contributed by atoms with van der Waals surface area (Å²) in [5, 5.41) is 6.29. The highest BCUT2D eigenvalue weighted by Gasteiger charge is 2.38. The number of hydrogen-bond donors (Lipinski definition) is 4. The first kappa shape index (κ1) is 44.2. The van der Waals surface area contributed by atoms with Gasteiger partial charge in [-0.3, -0.25) is 19.8 Å². The van der Waals surface area contributed by atoms with Gasteiger partial charge in [-0.1, -0.05) is 96.8 Å². The highest BCUT2D eigenvalue weighted by atomic mass is 16.5. The van der Waals surface area contributed by atoms with Crippen LogP contribution < -0.4 is 10.6 Å². The third-order valence-electron chi connectivity index (χ3n) is 12.9. The van der Waals surface area contributed by atoms with Crippen molar-refractivity contribution in [3.8, 4) is 34.4 Å². The first-order chi connectivity index (χ1) is 32.3. The molecule has 0 bridgehead atoms. The zero-order chi connectivity index (χ0) is 45.4. The highest BCUT2D eigenvalue weighted by Crippen LogP contribution is 2.36. The number of benzene rings is 4. The van der Waals surface area contributed by atoms with Crippen molar-refractivity contribution in [2.75, 3.05) is 47.1 Å². The van der Waals surface area contributed by atoms with Gasteiger partial charge in [0.05, 0.1) is 49.1 Å². The second-order valence-electron chi connectivity index (χ2n) is 17.1. The number of aromatic amines is 2. The Morgan fingerprint density at radius 2 is 1.17 bits per heavy atom. The maximum absolute atomic E-state index is 14.3. The Morgan fingerprint density at radius 1 is 0.667 bits per heavy atom. The van der Waals surface area contributed by atoms with Crippen molar-refractivity contribution in [1.29, 1.82) is 0 Å². The average molecular weight is 886 g/mol. The van der Waals surface area contributed by atoms with Crippen molar-refractivity contribution in [3.05, 3.63) is 155 Å². The van der Waals surface area contributed by atoms with Gasteiger partial charge in [-0.15, -0.1) is 0 Å². The number of hydrogen-bond acceptors (Lipinski definition) is 9. The SMILES string of the molecule is COC(=O)N[C@@H](C(=O)N1CCC[C@H]1c1ncc(-c2ccc(C#Cc3ccc(-c4cnc([C@@H]5CCCN5C(=O)[C@H](NCN5CC[C@H](OC)C5)c5ccccc5)[nH]4)cc3)cc2)[nH]1)c1ccccc1. The highest BCUT2D eigenvalue weighted by molar-refractivity contribution is 5.87. The number of carbonyl (C=O) groups is 3. The molecule has 5 heterocycles. The van der Waals surface area contributed by atoms with Gasteiger partial charge in [0.2, 0.25) is 5.91 Å². The summed E-state index contributed by atoms with van der Waals surface area (Å²) in [6.45, 7) is 3.63. The molecule has 0 spiro atoms. The summed E-state index contributed by atoms with van der Waals surface area (Å²) in [7, 11) is 3.04. The first-order valence-electron chi connectivity index (χ1n) is 22.7. The van der Waals surface area contributed by atoms with E-state index in [0.29, 0.717) is 31.1 Å². The summed E-state index contributed by atoms with van der Waals surface area (Å²) in [5.74, 6) is 7.92. The van der Waals surface area contributed by atoms with Crippen LogP contribution in [0.4, 0.5) is 4.79 Å². The maximum Gasteiger partial charge on any atom is 0.407 e. The van der Waals surface area contributed by atoms with E-state index in [-0.39, 0.29) is 30.0 Å². The molecular weight excluding hydrogens is 831 g/mol. The van der Waals surface area contributed by atoms with Gasteiger partial charge in [-0.05, 0) is 78.6 Å². The van der Waals surface area contributed by atoms with Crippen LogP contribution in [-0.4, -0.2) is 106 Å². The molecule has 9 rings (SSSR count). The summed E-state index contributed by atoms with van der Waals surface area (Å²) in [5.41, 5.74) is 7.05. The Morgan fingerprint density at radius 3 is 1.65 bits per heavy atom. The predicted octanol–water partition coefficient (Wildman–Crippen LogP) is 7.30. The number of rotatable bonds is 13. The van der Waals surface area contributed by atoms with Crippen LogP contribution in [0.1, 0.15) is 90.2 Å². The second kappa shape index (κ2) is 20.4. The number of likely N-dealkylation sites (tertiary alicyclic amines) is 3. The van der Waals surface area contributed by atoms with Gasteiger partial charge in [0, 0.05) is 51.1 Å². The van der Waals surface area contributed by atoms with E-state index in [1.54, 1.807) is 18.2 Å². The Hall–Kier alpha value is -7.05. The molecule has 3 aliphatic rings. The third-order valence-corrected chi connectivity index (χ3v) is 12.9. The van der Waals surface area contributed by atoms with E-state index in [0.717, 1.165) is 90.2 Å². The smallest absolute Gasteiger partial charge is 0.407 e. The Kier molecular flexibility index (Phi) is 13.7. The minimum Gasteiger partial charge on any atom is -0.453 e. The topological polar surface area (TPSA) is 161 Å². The fourth-order valence-corrected chi connectivity index (χ4v) is 9.33. The summed E-state index contributed by atoms with van der Waals surface area (Å²) in [4.78, 5) is 63.0. The molecule has 0 aliphatic carbocycles. The van der Waals surface area contributed by atoms with Crippen molar-refractivity contribution in [2.24, 2.45) is 0 Å². The van der Waals surface area contributed by atoms with Crippen LogP contribution in [0, 0.1) is 11.8 Å². The lowest BCUT2D eigenvalue weighted by Crippen LogP contribution is -2.44. The van der Waals surface area contributed by atoms with Gasteiger partial charge in [0.1, 0.15) is 23.7 Å². The van der Waals surface area contributed by atoms with Crippen LogP contribution in [0.15, 0.2) is 122 Å². The van der Waals surface area contributed by atoms with Crippen molar-refractivity contribution >= 4 is 17.9 Å². The van der Waals surface area contributed by atoms with Crippen molar-refractivity contribution in [2.45, 2.75) is 62.4 Å². The normalized spacial score (nSPS) is 19.3. The molecule has 4 N–H and O–H groups in total. The standard InChI is InChI=1S/C52H55N9O5/c1-65-41-27-30-59(33-41)34-55-46(39-11-5-3-6-12-39)50(62)60-28-9-15-44(60)48-53-31-42(56-48)37-23-19-35(20-24-37)17-18-36-21-25-38(26-22-36)43-32-54-49(57-43)45-16-10-29-61(45)51(63)47(58-52(64)66-2)40-13-7-4-8-14-40/h3-8,11-14,19-26,31-32,41,44-47,55H,9-10,15-16,27-30,33-34H2,1-2H3,(H,53,56)(H,54,57)(H,58,64)/t41-,44-,45-,46+,47+/m0/s1. The second-order valence-corrected chi connectivity index (χ2v) is 17.1. The molecule has 0 saturated carbocycles. The van der Waals surface area contributed by atoms with E-state index in [4.69, 9.17) is 19.4 Å². The van der Waals surface area contributed by atoms with E-state index < -0.39 is 18.2 Å². The molecule has 0 unspecified atom stereocenters. The lowest BCUT2D eigenvalue weighted by molar-refractivity contribution is -0.135. The molecule has 0 radical (unpaired) electrons. The van der Waals surface area contributed by atoms with E-state index in [1.165, 1.54) is 7.11 Å². The number of nitrogens with zero attached hydrogens (tertiary/aromatic N) is 5. The third kappa shape index (κ3) is 9.94. The number of amides is 3. The summed E-state index contributed by atoms with van der Waals surface area (Å²) < 4.78 is 10.4. The minimum absolute atomic E-state index is 0.0591. The lowest BCUT2D eigenvalue weighted by atomic mass is 10.0. The molecule has 3 amide bonds. The van der Waals surface area contributed by atoms with Crippen LogP contribution in [0.3, 0.4) is 0 Å². The Bertz CT molecular complexity index is 2660. The van der Waals surface area contributed by atoms with Crippen LogP contribution in [-0.2, 0) is 19.1 Å². The van der Waals surface area contributed by atoms with Crippen molar-refractivity contribution in [1.82, 2.24) is 45.3 Å². The van der Waals surface area contributed by atoms with Crippen LogP contribution in [0.2, 0.25) is 0 Å². The van der Waals surface area contributed by atoms with Crippen molar-refractivity contribution < 1.29 is 23.9 Å². The fourth-order valence-electron chi connectivity index (χ4n) is 9.33. The molecule has 66 heavy (non-hydrogen) atoms. The van der Waals surface area contributed by atoms with Crippen LogP contribution in [0.5, 0.6) is 0 Å². The molecule has 2 aromatic heterocycles. The van der Waals surface area contributed by atoms with Gasteiger partial charge < -0.3 is 34.6 Å². The van der Waals surface area contributed by atoms with Crippen LogP contribution in [0.25, 0.3) is 22.5 Å². The number of ether oxygens (including phenoxy) is 2. The summed E-state index contributed by atoms with van der Waals surface area (Å²) >= 11 is 0. The molecule has 5 atom stereocenters. The summed E-state index contributed by atoms with van der Waals surface area (Å²) in [6.07, 6.45) is 7.52. The molecular formula is C52H55N9O5. The lowest BCUT2D eigenvalue weighted by Gasteiger charge is -2.30. The number of aromatic nitrogens is 4. The minimum atomic E-state index is -0.879. The number of alkyl carbamates (subject to hydrolysis) is 1. The van der Waals surface area contributed by atoms with E-state index in [9.17, 15) is 14.4 Å². The molecule has 4 aromatic carbocycles. The molecule has 338 valence electrons. The number of methoxy groups -OCH3 is 2. The predicted molar refractivity (Wildman–Crippen MR) is 250 cm³/mol. The zero-order valence-electron chi connectivity index (χ0n) is 37.3. The molecule has 14 nitrogen and oxygen atoms in total. The number of carbonyl (C=O) groups excluding carboxylic acids is 3. The van der Waals surface area contributed by atoms with E-state index in [1.807, 2.05) is 120 Å². The maximum atomic E-state index is 14.3. The molecule has 3 aliphatic heterocycles. The largest absolute Gasteiger partial charge is 0.453 e. The number of imidazole rings is 2. The Labute approximate surface area is 385 Å². The zero-order valence-corrected chi connectivity index (χ0v) is 37.3. The van der Waals surface area contributed by atoms with Gasteiger partial charge in [-0.2, -0.15) is 0 Å². The van der Waals surface area contributed by atoms with Crippen LogP contribution >= 0.6 is 0 Å². The first-order valence-corrected chi connectivity index (χ1v) is 22.7. The van der Waals surface area contributed by atoms with Gasteiger partial charge in [0.15, 0.2) is 0 Å². The fraction of sp³-hybridized carbons (Fsp3) is 0.327. The number of H-pyrrole nitrogens is 2. The number of nitrogens with one attached hydrogen (secondary N) is 4. The van der Waals surface area contributed by atoms with E-state index in [2.05, 4.69) is 37.3 Å². The molecule has 3 saturated heterocycles. The van der Waals surface area contributed by atoms with Gasteiger partial charge in [-0.25, -0.2) is 14.8 Å². The Balaban J connectivity index is 0.822. The average Bonchev–Trinajstić information content (AvgIpc) is 4.23. The molecule has 3 fully saturated rings. The molecule has 6 aromatic rings. The molecule has 14 heteroatoms. The summed E-state index contributed by atoms with van der Waals surface area (Å²) in [6, 6.07) is 33.5.